The molecule has 29 heavy (non-hydrogen) atoms. The number of halogens is 2. The Morgan fingerprint density at radius 3 is 1.38 bits per heavy atom. The normalized spacial score (nSPS) is 10.1. The van der Waals surface area contributed by atoms with Gasteiger partial charge in [0.15, 0.2) is 3.79 Å². The van der Waals surface area contributed by atoms with Crippen molar-refractivity contribution in [3.8, 4) is 0 Å². The first-order valence-electron chi connectivity index (χ1n) is 8.44. The summed E-state index contributed by atoms with van der Waals surface area (Å²) in [4.78, 5) is 55.1. The zero-order valence-corrected chi connectivity index (χ0v) is 19.8. The summed E-state index contributed by atoms with van der Waals surface area (Å²) >= 11 is 3.00. The van der Waals surface area contributed by atoms with Gasteiger partial charge in [0.25, 0.3) is 0 Å². The van der Waals surface area contributed by atoms with Crippen LogP contribution in [0, 0.1) is 0 Å². The molecule has 0 amide bonds. The van der Waals surface area contributed by atoms with E-state index < -0.39 is 28.7 Å². The first-order valence-corrected chi connectivity index (χ1v) is 10.6. The standard InChI is InChI=1S/C16H22I2O11/c17-12(19)1-2-13(20)26-9-7-24-5-6-25-8-10-27-14(21)3-4-15(22)28-11-29-16(18)23/h1-11H2. The lowest BCUT2D eigenvalue weighted by molar-refractivity contribution is -0.155. The summed E-state index contributed by atoms with van der Waals surface area (Å²) in [6.45, 7) is 0.512. The quantitative estimate of drug-likeness (QED) is 0.0571. The van der Waals surface area contributed by atoms with Crippen LogP contribution in [0.5, 0.6) is 0 Å². The van der Waals surface area contributed by atoms with Crippen LogP contribution in [0.3, 0.4) is 0 Å². The first-order chi connectivity index (χ1) is 13.8. The molecule has 0 unspecified atom stereocenters. The van der Waals surface area contributed by atoms with Gasteiger partial charge in [0, 0.05) is 6.42 Å². The molecule has 0 aromatic heterocycles. The van der Waals surface area contributed by atoms with Crippen molar-refractivity contribution in [3.05, 3.63) is 0 Å². The van der Waals surface area contributed by atoms with Crippen LogP contribution in [0.15, 0.2) is 0 Å². The highest BCUT2D eigenvalue weighted by molar-refractivity contribution is 14.1. The van der Waals surface area contributed by atoms with Crippen LogP contribution in [-0.4, -0.2) is 72.1 Å². The molecule has 0 heterocycles. The van der Waals surface area contributed by atoms with Crippen molar-refractivity contribution in [3.63, 3.8) is 0 Å². The summed E-state index contributed by atoms with van der Waals surface area (Å²) in [5, 5.41) is 0. The Kier molecular flexibility index (Phi) is 18.2. The molecule has 0 aliphatic rings. The SMILES string of the molecule is O=C(I)CCC(=O)OCCOCCOCCOC(=O)CCC(=O)OCOC(=O)I. The molecule has 0 saturated carbocycles. The van der Waals surface area contributed by atoms with Crippen LogP contribution in [0.1, 0.15) is 25.7 Å². The van der Waals surface area contributed by atoms with Gasteiger partial charge in [-0.3, -0.25) is 19.2 Å². The predicted molar refractivity (Wildman–Crippen MR) is 113 cm³/mol. The van der Waals surface area contributed by atoms with Crippen molar-refractivity contribution in [2.75, 3.05) is 46.4 Å². The third-order valence-corrected chi connectivity index (χ3v) is 3.66. The zero-order valence-electron chi connectivity index (χ0n) is 15.5. The summed E-state index contributed by atoms with van der Waals surface area (Å²) in [7, 11) is 0. The van der Waals surface area contributed by atoms with E-state index in [0.29, 0.717) is 0 Å². The maximum Gasteiger partial charge on any atom is 0.369 e. The molecule has 11 nitrogen and oxygen atoms in total. The van der Waals surface area contributed by atoms with Crippen molar-refractivity contribution in [1.29, 1.82) is 0 Å². The first kappa shape index (κ1) is 27.9. The Morgan fingerprint density at radius 1 is 0.517 bits per heavy atom. The van der Waals surface area contributed by atoms with Gasteiger partial charge in [0.2, 0.25) is 6.79 Å². The number of hydrogen-bond donors (Lipinski definition) is 0. The van der Waals surface area contributed by atoms with Gasteiger partial charge in [0.05, 0.1) is 68.3 Å². The highest BCUT2D eigenvalue weighted by Gasteiger charge is 2.10. The van der Waals surface area contributed by atoms with Gasteiger partial charge in [0.1, 0.15) is 13.2 Å². The average Bonchev–Trinajstić information content (AvgIpc) is 2.65. The number of carbonyl (C=O) groups is 5. The lowest BCUT2D eigenvalue weighted by Gasteiger charge is -2.08. The van der Waals surface area contributed by atoms with Crippen LogP contribution in [0.25, 0.3) is 0 Å². The lowest BCUT2D eigenvalue weighted by atomic mass is 10.3. The van der Waals surface area contributed by atoms with Crippen molar-refractivity contribution in [2.45, 2.75) is 25.7 Å². The molecule has 0 radical (unpaired) electrons. The Labute approximate surface area is 194 Å². The van der Waals surface area contributed by atoms with E-state index >= 15 is 0 Å². The predicted octanol–water partition coefficient (Wildman–Crippen LogP) is 1.70. The van der Waals surface area contributed by atoms with E-state index in [1.54, 1.807) is 22.6 Å². The molecule has 0 bridgehead atoms. The number of rotatable bonds is 17. The van der Waals surface area contributed by atoms with Crippen LogP contribution in [0.2, 0.25) is 0 Å². The van der Waals surface area contributed by atoms with E-state index in [9.17, 15) is 24.0 Å². The number of ether oxygens (including phenoxy) is 6. The molecule has 0 aromatic carbocycles. The van der Waals surface area contributed by atoms with E-state index in [4.69, 9.17) is 18.9 Å². The number of carbonyl (C=O) groups excluding carboxylic acids is 5. The van der Waals surface area contributed by atoms with Gasteiger partial charge in [-0.25, -0.2) is 4.79 Å². The minimum Gasteiger partial charge on any atom is -0.463 e. The fraction of sp³-hybridized carbons (Fsp3) is 0.688. The summed E-state index contributed by atoms with van der Waals surface area (Å²) < 4.78 is 28.4. The third kappa shape index (κ3) is 21.5. The molecule has 0 aromatic rings. The average molecular weight is 644 g/mol. The van der Waals surface area contributed by atoms with Gasteiger partial charge in [-0.2, -0.15) is 0 Å². The van der Waals surface area contributed by atoms with E-state index in [1.165, 1.54) is 22.6 Å². The molecular weight excluding hydrogens is 622 g/mol. The largest absolute Gasteiger partial charge is 0.463 e. The van der Waals surface area contributed by atoms with E-state index in [-0.39, 0.29) is 69.1 Å². The van der Waals surface area contributed by atoms with Crippen LogP contribution >= 0.6 is 45.2 Å². The van der Waals surface area contributed by atoms with Gasteiger partial charge in [-0.05, 0) is 22.6 Å². The Balaban J connectivity index is 3.40. The molecule has 0 saturated heterocycles. The lowest BCUT2D eigenvalue weighted by Crippen LogP contribution is -2.16. The van der Waals surface area contributed by atoms with E-state index in [0.717, 1.165) is 0 Å². The van der Waals surface area contributed by atoms with E-state index in [2.05, 4.69) is 9.47 Å². The summed E-state index contributed by atoms with van der Waals surface area (Å²) in [6.07, 6.45) is -0.145. The second kappa shape index (κ2) is 18.9. The van der Waals surface area contributed by atoms with Crippen molar-refractivity contribution >= 4 is 70.9 Å². The molecule has 0 aliphatic heterocycles. The second-order valence-corrected chi connectivity index (χ2v) is 7.12. The Bertz CT molecular complexity index is 539. The summed E-state index contributed by atoms with van der Waals surface area (Å²) in [5.74, 6) is -1.72. The van der Waals surface area contributed by atoms with Gasteiger partial charge in [-0.1, -0.05) is 0 Å². The molecular formula is C16H22I2O11. The number of hydrogen-bond acceptors (Lipinski definition) is 11. The van der Waals surface area contributed by atoms with Crippen molar-refractivity contribution in [2.24, 2.45) is 0 Å². The van der Waals surface area contributed by atoms with Gasteiger partial charge < -0.3 is 28.4 Å². The van der Waals surface area contributed by atoms with Crippen molar-refractivity contribution in [1.82, 2.24) is 0 Å². The smallest absolute Gasteiger partial charge is 0.369 e. The fourth-order valence-electron chi connectivity index (χ4n) is 1.51. The fourth-order valence-corrected chi connectivity index (χ4v) is 1.91. The molecule has 13 heteroatoms. The van der Waals surface area contributed by atoms with Crippen molar-refractivity contribution < 1.29 is 52.4 Å². The summed E-state index contributed by atoms with van der Waals surface area (Å²) in [5.41, 5.74) is 0. The topological polar surface area (TPSA) is 141 Å². The minimum absolute atomic E-state index is 0.0213. The Morgan fingerprint density at radius 2 is 0.931 bits per heavy atom. The monoisotopic (exact) mass is 644 g/mol. The molecule has 0 fully saturated rings. The molecule has 0 aliphatic carbocycles. The van der Waals surface area contributed by atoms with Crippen LogP contribution in [-0.2, 0) is 47.6 Å². The third-order valence-electron chi connectivity index (χ3n) is 2.80. The van der Waals surface area contributed by atoms with E-state index in [1.807, 2.05) is 0 Å². The molecule has 166 valence electrons. The maximum absolute atomic E-state index is 11.4. The Hall–Kier alpha value is -1.07. The highest BCUT2D eigenvalue weighted by Crippen LogP contribution is 2.00. The van der Waals surface area contributed by atoms with Crippen LogP contribution < -0.4 is 0 Å². The molecule has 0 atom stereocenters. The summed E-state index contributed by atoms with van der Waals surface area (Å²) in [6, 6.07) is 0. The highest BCUT2D eigenvalue weighted by atomic mass is 127. The molecule has 0 N–H and O–H groups in total. The molecule has 0 spiro atoms. The number of esters is 3. The minimum atomic E-state index is -0.683. The van der Waals surface area contributed by atoms with Gasteiger partial charge >= 0.3 is 21.9 Å². The molecule has 0 rings (SSSR count). The van der Waals surface area contributed by atoms with Gasteiger partial charge in [-0.15, -0.1) is 0 Å². The van der Waals surface area contributed by atoms with Crippen LogP contribution in [0.4, 0.5) is 4.79 Å². The zero-order chi connectivity index (χ0) is 21.9. The second-order valence-electron chi connectivity index (χ2n) is 5.04. The maximum atomic E-state index is 11.4.